The van der Waals surface area contributed by atoms with Crippen molar-refractivity contribution >= 4 is 40.1 Å². The van der Waals surface area contributed by atoms with Gasteiger partial charge in [0.15, 0.2) is 0 Å². The lowest BCUT2D eigenvalue weighted by atomic mass is 10.2. The molecule has 0 aliphatic heterocycles. The Hall–Kier alpha value is -1.78. The third kappa shape index (κ3) is 2.44. The Bertz CT molecular complexity index is 752. The monoisotopic (exact) mass is 304 g/mol. The first kappa shape index (κ1) is 13.2. The number of fused-ring (bicyclic) bond motifs is 1. The number of para-hydroxylation sites is 1. The van der Waals surface area contributed by atoms with E-state index in [2.05, 4.69) is 35.9 Å². The van der Waals surface area contributed by atoms with Gasteiger partial charge in [0.2, 0.25) is 0 Å². The van der Waals surface area contributed by atoms with Crippen molar-refractivity contribution in [2.45, 2.75) is 11.8 Å². The second-order valence-electron chi connectivity index (χ2n) is 4.54. The van der Waals surface area contributed by atoms with Gasteiger partial charge in [-0.1, -0.05) is 41.4 Å². The van der Waals surface area contributed by atoms with Crippen molar-refractivity contribution < 1.29 is 5.21 Å². The van der Waals surface area contributed by atoms with E-state index in [1.807, 2.05) is 18.2 Å². The summed E-state index contributed by atoms with van der Waals surface area (Å²) in [4.78, 5) is 1.11. The highest BCUT2D eigenvalue weighted by atomic mass is 35.5. The normalized spacial score (nSPS) is 10.9. The van der Waals surface area contributed by atoms with Crippen LogP contribution in [0.2, 0.25) is 5.02 Å². The highest BCUT2D eigenvalue weighted by Crippen LogP contribution is 2.32. The maximum atomic E-state index is 9.89. The summed E-state index contributed by atoms with van der Waals surface area (Å²) >= 11 is 7.57. The van der Waals surface area contributed by atoms with Gasteiger partial charge >= 0.3 is 0 Å². The number of aromatic nitrogens is 1. The molecule has 0 fully saturated rings. The smallest absolute Gasteiger partial charge is 0.112 e. The molecule has 3 nitrogen and oxygen atoms in total. The van der Waals surface area contributed by atoms with Crippen LogP contribution in [0, 0.1) is 6.92 Å². The molecule has 0 aliphatic rings. The van der Waals surface area contributed by atoms with Gasteiger partial charge in [0.05, 0.1) is 16.9 Å². The van der Waals surface area contributed by atoms with E-state index in [9.17, 15) is 5.21 Å². The lowest BCUT2D eigenvalue weighted by molar-refractivity contribution is 0.200. The average Bonchev–Trinajstić information content (AvgIpc) is 2.74. The minimum Gasteiger partial charge on any atom is -0.428 e. The molecule has 0 aliphatic carbocycles. The van der Waals surface area contributed by atoms with Crippen molar-refractivity contribution in [1.29, 1.82) is 0 Å². The van der Waals surface area contributed by atoms with Crippen molar-refractivity contribution in [3.63, 3.8) is 0 Å². The first-order valence-electron chi connectivity index (χ1n) is 6.13. The molecule has 3 aromatic rings. The molecular formula is C15H13ClN2OS. The van der Waals surface area contributed by atoms with Crippen LogP contribution in [0.25, 0.3) is 10.9 Å². The van der Waals surface area contributed by atoms with Crippen molar-refractivity contribution in [3.05, 3.63) is 59.2 Å². The second-order valence-corrected chi connectivity index (χ2v) is 5.83. The van der Waals surface area contributed by atoms with Crippen LogP contribution < -0.4 is 4.72 Å². The van der Waals surface area contributed by atoms with E-state index in [4.69, 9.17) is 11.6 Å². The maximum absolute atomic E-state index is 9.89. The molecule has 2 aromatic carbocycles. The molecule has 2 N–H and O–H groups in total. The van der Waals surface area contributed by atoms with Gasteiger partial charge in [0, 0.05) is 10.3 Å². The number of benzene rings is 2. The van der Waals surface area contributed by atoms with Gasteiger partial charge in [-0.05, 0) is 37.1 Å². The zero-order valence-corrected chi connectivity index (χ0v) is 12.4. The van der Waals surface area contributed by atoms with Gasteiger partial charge in [0.25, 0.3) is 0 Å². The zero-order chi connectivity index (χ0) is 14.1. The van der Waals surface area contributed by atoms with E-state index in [1.165, 1.54) is 23.7 Å². The Morgan fingerprint density at radius 3 is 2.65 bits per heavy atom. The standard InChI is InChI=1S/C15H13ClN2OS/c1-10-5-7-11(8-6-10)20-17-14-4-2-3-12-13(16)9-18(19)15(12)14/h2-9,17,19H,1H3. The Kier molecular flexibility index (Phi) is 3.51. The van der Waals surface area contributed by atoms with E-state index in [0.717, 1.165) is 20.7 Å². The molecule has 0 amide bonds. The molecule has 0 spiro atoms. The first-order chi connectivity index (χ1) is 9.65. The summed E-state index contributed by atoms with van der Waals surface area (Å²) in [5, 5.41) is 11.2. The fourth-order valence-electron chi connectivity index (χ4n) is 2.03. The van der Waals surface area contributed by atoms with E-state index in [0.29, 0.717) is 10.5 Å². The van der Waals surface area contributed by atoms with Crippen LogP contribution in [0.3, 0.4) is 0 Å². The molecule has 0 atom stereocenters. The number of nitrogens with one attached hydrogen (secondary N) is 1. The SMILES string of the molecule is Cc1ccc(SNc2cccc3c(Cl)cn(O)c23)cc1. The largest absolute Gasteiger partial charge is 0.428 e. The summed E-state index contributed by atoms with van der Waals surface area (Å²) in [6.07, 6.45) is 1.49. The second kappa shape index (κ2) is 5.31. The van der Waals surface area contributed by atoms with E-state index in [1.54, 1.807) is 0 Å². The topological polar surface area (TPSA) is 37.2 Å². The van der Waals surface area contributed by atoms with Gasteiger partial charge in [-0.15, -0.1) is 0 Å². The predicted molar refractivity (Wildman–Crippen MR) is 84.8 cm³/mol. The number of aryl methyl sites for hydroxylation is 1. The molecule has 1 heterocycles. The number of nitrogens with zero attached hydrogens (tertiary/aromatic N) is 1. The first-order valence-corrected chi connectivity index (χ1v) is 7.33. The summed E-state index contributed by atoms with van der Waals surface area (Å²) in [6.45, 7) is 2.06. The Morgan fingerprint density at radius 2 is 1.90 bits per heavy atom. The molecule has 0 saturated carbocycles. The van der Waals surface area contributed by atoms with Gasteiger partial charge < -0.3 is 9.93 Å². The van der Waals surface area contributed by atoms with Crippen molar-refractivity contribution in [2.75, 3.05) is 4.72 Å². The Balaban J connectivity index is 1.89. The van der Waals surface area contributed by atoms with Crippen LogP contribution in [-0.2, 0) is 0 Å². The molecule has 1 aromatic heterocycles. The van der Waals surface area contributed by atoms with Crippen molar-refractivity contribution in [2.24, 2.45) is 0 Å². The summed E-state index contributed by atoms with van der Waals surface area (Å²) in [5.74, 6) is 0. The molecule has 0 bridgehead atoms. The molecule has 102 valence electrons. The minimum absolute atomic E-state index is 0.534. The third-order valence-electron chi connectivity index (χ3n) is 3.06. The highest BCUT2D eigenvalue weighted by molar-refractivity contribution is 8.00. The summed E-state index contributed by atoms with van der Waals surface area (Å²) in [6, 6.07) is 13.9. The lowest BCUT2D eigenvalue weighted by Crippen LogP contribution is -1.93. The van der Waals surface area contributed by atoms with Crippen LogP contribution in [0.4, 0.5) is 5.69 Å². The number of rotatable bonds is 3. The van der Waals surface area contributed by atoms with E-state index in [-0.39, 0.29) is 0 Å². The predicted octanol–water partition coefficient (Wildman–Crippen LogP) is 4.96. The fraction of sp³-hybridized carbons (Fsp3) is 0.0667. The van der Waals surface area contributed by atoms with Crippen LogP contribution in [0.15, 0.2) is 53.6 Å². The highest BCUT2D eigenvalue weighted by Gasteiger charge is 2.10. The van der Waals surface area contributed by atoms with Crippen LogP contribution in [0.5, 0.6) is 0 Å². The zero-order valence-electron chi connectivity index (χ0n) is 10.8. The molecule has 0 unspecified atom stereocenters. The molecule has 20 heavy (non-hydrogen) atoms. The van der Waals surface area contributed by atoms with Crippen molar-refractivity contribution in [1.82, 2.24) is 4.73 Å². The van der Waals surface area contributed by atoms with Crippen molar-refractivity contribution in [3.8, 4) is 0 Å². The Morgan fingerprint density at radius 1 is 1.15 bits per heavy atom. The van der Waals surface area contributed by atoms with Crippen LogP contribution >= 0.6 is 23.5 Å². The molecular weight excluding hydrogens is 292 g/mol. The summed E-state index contributed by atoms with van der Waals surface area (Å²) in [7, 11) is 0. The number of hydrogen-bond acceptors (Lipinski definition) is 3. The Labute approximate surface area is 126 Å². The average molecular weight is 305 g/mol. The number of anilines is 1. The van der Waals surface area contributed by atoms with Crippen LogP contribution in [-0.4, -0.2) is 9.94 Å². The molecule has 5 heteroatoms. The van der Waals surface area contributed by atoms with Gasteiger partial charge in [-0.25, -0.2) is 0 Å². The quantitative estimate of drug-likeness (QED) is 0.530. The third-order valence-corrected chi connectivity index (χ3v) is 4.19. The minimum atomic E-state index is 0.534. The van der Waals surface area contributed by atoms with E-state index >= 15 is 0 Å². The lowest BCUT2D eigenvalue weighted by Gasteiger charge is -2.08. The van der Waals surface area contributed by atoms with E-state index < -0.39 is 0 Å². The maximum Gasteiger partial charge on any atom is 0.112 e. The van der Waals surface area contributed by atoms with Gasteiger partial charge in [-0.3, -0.25) is 0 Å². The molecule has 0 radical (unpaired) electrons. The number of hydrogen-bond donors (Lipinski definition) is 2. The summed E-state index contributed by atoms with van der Waals surface area (Å²) < 4.78 is 4.31. The molecule has 3 rings (SSSR count). The number of halogens is 1. The van der Waals surface area contributed by atoms with Gasteiger partial charge in [0.1, 0.15) is 5.52 Å². The molecule has 0 saturated heterocycles. The fourth-order valence-corrected chi connectivity index (χ4v) is 2.94. The summed E-state index contributed by atoms with van der Waals surface area (Å²) in [5.41, 5.74) is 2.73. The van der Waals surface area contributed by atoms with Crippen LogP contribution in [0.1, 0.15) is 5.56 Å². The van der Waals surface area contributed by atoms with Gasteiger partial charge in [-0.2, -0.15) is 4.73 Å².